The molecule has 1 saturated heterocycles. The molecule has 1 heterocycles. The summed E-state index contributed by atoms with van der Waals surface area (Å²) in [6.45, 7) is 5.53. The Morgan fingerprint density at radius 2 is 1.73 bits per heavy atom. The molecule has 26 heavy (non-hydrogen) atoms. The van der Waals surface area contributed by atoms with Crippen molar-refractivity contribution in [1.82, 2.24) is 5.32 Å². The SMILES string of the molecule is CCCC(NCc1ccc(OC)cc1)c1ccccc1N1CCCCC1. The van der Waals surface area contributed by atoms with Crippen molar-refractivity contribution < 1.29 is 4.74 Å². The van der Waals surface area contributed by atoms with Crippen LogP contribution in [0.1, 0.15) is 56.2 Å². The molecule has 1 fully saturated rings. The van der Waals surface area contributed by atoms with Gasteiger partial charge in [-0.05, 0) is 55.0 Å². The van der Waals surface area contributed by atoms with Crippen LogP contribution in [0.25, 0.3) is 0 Å². The minimum absolute atomic E-state index is 0.389. The van der Waals surface area contributed by atoms with Gasteiger partial charge in [-0.15, -0.1) is 0 Å². The molecule has 0 bridgehead atoms. The summed E-state index contributed by atoms with van der Waals surface area (Å²) in [5.41, 5.74) is 4.17. The van der Waals surface area contributed by atoms with E-state index in [9.17, 15) is 0 Å². The Kier molecular flexibility index (Phi) is 6.96. The molecule has 3 heteroatoms. The molecule has 1 unspecified atom stereocenters. The van der Waals surface area contributed by atoms with Crippen molar-refractivity contribution in [2.75, 3.05) is 25.1 Å². The number of nitrogens with zero attached hydrogens (tertiary/aromatic N) is 1. The molecule has 3 nitrogen and oxygen atoms in total. The summed E-state index contributed by atoms with van der Waals surface area (Å²) in [5, 5.41) is 3.80. The van der Waals surface area contributed by atoms with Crippen molar-refractivity contribution in [3.63, 3.8) is 0 Å². The van der Waals surface area contributed by atoms with E-state index in [1.54, 1.807) is 7.11 Å². The third kappa shape index (κ3) is 4.79. The number of anilines is 1. The quantitative estimate of drug-likeness (QED) is 0.696. The first-order chi connectivity index (χ1) is 12.8. The standard InChI is InChI=1S/C23H32N2O/c1-3-9-22(24-18-19-12-14-20(26-2)15-13-19)21-10-5-6-11-23(21)25-16-7-4-8-17-25/h5-6,10-15,22,24H,3-4,7-9,16-18H2,1-2H3. The fraction of sp³-hybridized carbons (Fsp3) is 0.478. The average Bonchev–Trinajstić information content (AvgIpc) is 2.72. The van der Waals surface area contributed by atoms with E-state index in [1.807, 2.05) is 12.1 Å². The fourth-order valence-corrected chi connectivity index (χ4v) is 3.85. The van der Waals surface area contributed by atoms with Crippen molar-refractivity contribution in [2.45, 2.75) is 51.6 Å². The van der Waals surface area contributed by atoms with Gasteiger partial charge in [-0.2, -0.15) is 0 Å². The Bertz CT molecular complexity index is 662. The van der Waals surface area contributed by atoms with Gasteiger partial charge >= 0.3 is 0 Å². The lowest BCUT2D eigenvalue weighted by molar-refractivity contribution is 0.414. The maximum Gasteiger partial charge on any atom is 0.118 e. The van der Waals surface area contributed by atoms with Crippen molar-refractivity contribution in [1.29, 1.82) is 0 Å². The summed E-state index contributed by atoms with van der Waals surface area (Å²) in [6.07, 6.45) is 6.32. The normalized spacial score (nSPS) is 15.7. The van der Waals surface area contributed by atoms with Crippen molar-refractivity contribution in [3.05, 3.63) is 59.7 Å². The average molecular weight is 353 g/mol. The molecule has 1 aliphatic heterocycles. The first kappa shape index (κ1) is 18.8. The monoisotopic (exact) mass is 352 g/mol. The van der Waals surface area contributed by atoms with Crippen molar-refractivity contribution in [2.24, 2.45) is 0 Å². The highest BCUT2D eigenvalue weighted by atomic mass is 16.5. The first-order valence-electron chi connectivity index (χ1n) is 10.0. The Labute approximate surface area is 158 Å². The van der Waals surface area contributed by atoms with E-state index in [1.165, 1.54) is 55.6 Å². The molecule has 1 N–H and O–H groups in total. The maximum absolute atomic E-state index is 5.26. The molecule has 1 atom stereocenters. The van der Waals surface area contributed by atoms with Gasteiger partial charge in [0.05, 0.1) is 7.11 Å². The van der Waals surface area contributed by atoms with Gasteiger partial charge in [0.2, 0.25) is 0 Å². The summed E-state index contributed by atoms with van der Waals surface area (Å²) in [5.74, 6) is 0.911. The Balaban J connectivity index is 1.74. The minimum Gasteiger partial charge on any atom is -0.497 e. The molecule has 0 amide bonds. The molecular weight excluding hydrogens is 320 g/mol. The highest BCUT2D eigenvalue weighted by molar-refractivity contribution is 5.55. The number of benzene rings is 2. The van der Waals surface area contributed by atoms with Crippen LogP contribution in [-0.2, 0) is 6.54 Å². The van der Waals surface area contributed by atoms with Gasteiger partial charge in [-0.3, -0.25) is 0 Å². The van der Waals surface area contributed by atoms with E-state index in [0.717, 1.165) is 18.7 Å². The van der Waals surface area contributed by atoms with Crippen LogP contribution in [0.5, 0.6) is 5.75 Å². The molecule has 0 aliphatic carbocycles. The number of hydrogen-bond acceptors (Lipinski definition) is 3. The van der Waals surface area contributed by atoms with E-state index in [-0.39, 0.29) is 0 Å². The van der Waals surface area contributed by atoms with Gasteiger partial charge in [0.25, 0.3) is 0 Å². The van der Waals surface area contributed by atoms with Crippen molar-refractivity contribution in [3.8, 4) is 5.75 Å². The number of methoxy groups -OCH3 is 1. The summed E-state index contributed by atoms with van der Waals surface area (Å²) in [6, 6.07) is 17.7. The zero-order chi connectivity index (χ0) is 18.2. The molecular formula is C23H32N2O. The molecule has 0 aromatic heterocycles. The molecule has 3 rings (SSSR count). The van der Waals surface area contributed by atoms with Crippen LogP contribution >= 0.6 is 0 Å². The van der Waals surface area contributed by atoms with Gasteiger partial charge in [-0.1, -0.05) is 43.7 Å². The predicted molar refractivity (Wildman–Crippen MR) is 110 cm³/mol. The number of rotatable bonds is 8. The first-order valence-corrected chi connectivity index (χ1v) is 10.0. The van der Waals surface area contributed by atoms with E-state index < -0.39 is 0 Å². The van der Waals surface area contributed by atoms with Gasteiger partial charge < -0.3 is 15.0 Å². The van der Waals surface area contributed by atoms with E-state index >= 15 is 0 Å². The topological polar surface area (TPSA) is 24.5 Å². The molecule has 0 radical (unpaired) electrons. The van der Waals surface area contributed by atoms with Crippen LogP contribution in [0.3, 0.4) is 0 Å². The van der Waals surface area contributed by atoms with E-state index in [2.05, 4.69) is 53.5 Å². The third-order valence-electron chi connectivity index (χ3n) is 5.30. The lowest BCUT2D eigenvalue weighted by Crippen LogP contribution is -2.32. The second-order valence-electron chi connectivity index (χ2n) is 7.18. The van der Waals surface area contributed by atoms with Crippen LogP contribution in [-0.4, -0.2) is 20.2 Å². The van der Waals surface area contributed by atoms with E-state index in [4.69, 9.17) is 4.74 Å². The second kappa shape index (κ2) is 9.63. The zero-order valence-electron chi connectivity index (χ0n) is 16.2. The second-order valence-corrected chi connectivity index (χ2v) is 7.18. The summed E-state index contributed by atoms with van der Waals surface area (Å²) >= 11 is 0. The van der Waals surface area contributed by atoms with Gasteiger partial charge in [-0.25, -0.2) is 0 Å². The molecule has 2 aromatic rings. The number of hydrogen-bond donors (Lipinski definition) is 1. The van der Waals surface area contributed by atoms with E-state index in [0.29, 0.717) is 6.04 Å². The van der Waals surface area contributed by atoms with Crippen LogP contribution in [0.15, 0.2) is 48.5 Å². The van der Waals surface area contributed by atoms with Crippen LogP contribution in [0, 0.1) is 0 Å². The van der Waals surface area contributed by atoms with Crippen LogP contribution in [0.2, 0.25) is 0 Å². The lowest BCUT2D eigenvalue weighted by atomic mass is 9.98. The Morgan fingerprint density at radius 3 is 2.42 bits per heavy atom. The zero-order valence-corrected chi connectivity index (χ0v) is 16.2. The molecule has 2 aromatic carbocycles. The number of ether oxygens (including phenoxy) is 1. The number of para-hydroxylation sites is 1. The number of piperidine rings is 1. The number of nitrogens with one attached hydrogen (secondary N) is 1. The highest BCUT2D eigenvalue weighted by Crippen LogP contribution is 2.31. The summed E-state index contributed by atoms with van der Waals surface area (Å²) < 4.78 is 5.26. The third-order valence-corrected chi connectivity index (χ3v) is 5.30. The fourth-order valence-electron chi connectivity index (χ4n) is 3.85. The van der Waals surface area contributed by atoms with Crippen molar-refractivity contribution >= 4 is 5.69 Å². The molecule has 0 spiro atoms. The highest BCUT2D eigenvalue weighted by Gasteiger charge is 2.19. The summed E-state index contributed by atoms with van der Waals surface area (Å²) in [4.78, 5) is 2.58. The largest absolute Gasteiger partial charge is 0.497 e. The minimum atomic E-state index is 0.389. The van der Waals surface area contributed by atoms with Crippen LogP contribution < -0.4 is 15.0 Å². The Morgan fingerprint density at radius 1 is 1.00 bits per heavy atom. The molecule has 1 aliphatic rings. The van der Waals surface area contributed by atoms with Gasteiger partial charge in [0, 0.05) is 31.4 Å². The Hall–Kier alpha value is -2.00. The molecule has 0 saturated carbocycles. The summed E-state index contributed by atoms with van der Waals surface area (Å²) in [7, 11) is 1.71. The van der Waals surface area contributed by atoms with Crippen LogP contribution in [0.4, 0.5) is 5.69 Å². The van der Waals surface area contributed by atoms with Gasteiger partial charge in [0.15, 0.2) is 0 Å². The lowest BCUT2D eigenvalue weighted by Gasteiger charge is -2.33. The predicted octanol–water partition coefficient (Wildman–Crippen LogP) is 5.32. The maximum atomic E-state index is 5.26. The smallest absolute Gasteiger partial charge is 0.118 e. The molecule has 140 valence electrons. The van der Waals surface area contributed by atoms with Gasteiger partial charge in [0.1, 0.15) is 5.75 Å².